The lowest BCUT2D eigenvalue weighted by Crippen LogP contribution is -2.54. The number of ether oxygens (including phenoxy) is 3. The van der Waals surface area contributed by atoms with Gasteiger partial charge in [0.15, 0.2) is 17.2 Å². The zero-order valence-electron chi connectivity index (χ0n) is 42.4. The molecule has 5 aromatic rings. The number of benzene rings is 3. The molecule has 2 atom stereocenters. The standard InChI is InChI=1S/C55H67FN8O9S/c1-34(2)39-8-4-5-9-40(39)45-10-6-21-63(45)37-30-55(31-37)17-22-62(23-18-55)36-11-12-41(47(26-36)73-49-29-42-43(56)32-57-51(42)59-53(49)71-25-24-61-19-7-20-61)52(65)60-74(69,70)38-27-46(64(67)68)50-48(28-38)72-33-44(58-50)35-13-15-54(3,66)16-14-35/h4-5,8-9,11-12,26-29,32,34-35,37,44-45,58,66H,6-7,10,13-25,30-31,33H2,1-3H3,(H,57,59)(H,60,65)/t35-,44-,45+,54-/m1/s1. The number of aromatic nitrogens is 2. The molecule has 19 heteroatoms. The van der Waals surface area contributed by atoms with Crippen LogP contribution in [0, 0.1) is 27.3 Å². The van der Waals surface area contributed by atoms with Crippen molar-refractivity contribution >= 4 is 44.0 Å². The number of nitro benzene ring substituents is 1. The van der Waals surface area contributed by atoms with E-state index in [9.17, 15) is 28.4 Å². The van der Waals surface area contributed by atoms with Gasteiger partial charge in [0.1, 0.15) is 30.4 Å². The third-order valence-corrected chi connectivity index (χ3v) is 18.4. The summed E-state index contributed by atoms with van der Waals surface area (Å²) in [6.45, 7) is 11.9. The summed E-state index contributed by atoms with van der Waals surface area (Å²) in [6, 6.07) is 18.1. The Bertz CT molecular complexity index is 3050. The van der Waals surface area contributed by atoms with Gasteiger partial charge < -0.3 is 34.5 Å². The zero-order chi connectivity index (χ0) is 51.5. The fourth-order valence-corrected chi connectivity index (χ4v) is 13.5. The molecule has 0 radical (unpaired) electrons. The number of anilines is 2. The van der Waals surface area contributed by atoms with Gasteiger partial charge in [0.2, 0.25) is 0 Å². The Kier molecular flexibility index (Phi) is 13.5. The van der Waals surface area contributed by atoms with E-state index in [4.69, 9.17) is 14.2 Å². The summed E-state index contributed by atoms with van der Waals surface area (Å²) >= 11 is 0. The normalized spacial score (nSPS) is 24.2. The molecular formula is C55H67FN8O9S. The van der Waals surface area contributed by atoms with E-state index >= 15 is 4.39 Å². The average Bonchev–Trinajstić information content (AvgIpc) is 4.00. The lowest BCUT2D eigenvalue weighted by molar-refractivity contribution is -0.384. The van der Waals surface area contributed by atoms with E-state index in [1.54, 1.807) is 19.1 Å². The summed E-state index contributed by atoms with van der Waals surface area (Å²) in [4.78, 5) is 40.4. The molecule has 2 aromatic heterocycles. The molecule has 394 valence electrons. The minimum absolute atomic E-state index is 0.0230. The second-order valence-electron chi connectivity index (χ2n) is 22.3. The van der Waals surface area contributed by atoms with Crippen LogP contribution in [0.5, 0.6) is 23.1 Å². The van der Waals surface area contributed by atoms with Crippen LogP contribution in [-0.4, -0.2) is 114 Å². The highest BCUT2D eigenvalue weighted by Crippen LogP contribution is 2.55. The SMILES string of the molecule is CC(C)c1ccccc1[C@@H]1CCCN1C1CC2(CCN(c3ccc(C(=O)NS(=O)(=O)c4cc5c(c([N+](=O)[O-])c4)N[C@@H]([C@H]4CC[C@](C)(O)CC4)CO5)c(Oc4cc5c(F)c[nH]c5nc4OCCN4CCC4)c3)CC2)C1. The summed E-state index contributed by atoms with van der Waals surface area (Å²) in [7, 11) is -4.77. The van der Waals surface area contributed by atoms with Crippen molar-refractivity contribution in [3.63, 3.8) is 0 Å². The molecule has 1 amide bonds. The smallest absolute Gasteiger partial charge is 0.297 e. The lowest BCUT2D eigenvalue weighted by Gasteiger charge is -2.56. The van der Waals surface area contributed by atoms with Crippen LogP contribution in [0.1, 0.15) is 125 Å². The number of pyridine rings is 1. The van der Waals surface area contributed by atoms with E-state index < -0.39 is 42.9 Å². The molecule has 5 fully saturated rings. The molecule has 3 saturated heterocycles. The Morgan fingerprint density at radius 1 is 1.00 bits per heavy atom. The highest BCUT2D eigenvalue weighted by molar-refractivity contribution is 7.90. The number of fused-ring (bicyclic) bond motifs is 2. The maximum absolute atomic E-state index is 15.2. The highest BCUT2D eigenvalue weighted by Gasteiger charge is 2.50. The van der Waals surface area contributed by atoms with E-state index in [-0.39, 0.29) is 76.0 Å². The number of rotatable bonds is 15. The Labute approximate surface area is 431 Å². The van der Waals surface area contributed by atoms with Gasteiger partial charge >= 0.3 is 0 Å². The maximum atomic E-state index is 15.2. The topological polar surface area (TPSA) is 205 Å². The Morgan fingerprint density at radius 2 is 1.77 bits per heavy atom. The minimum atomic E-state index is -4.77. The molecule has 1 spiro atoms. The molecule has 0 unspecified atom stereocenters. The number of hydrogen-bond donors (Lipinski definition) is 4. The molecule has 3 aromatic carbocycles. The van der Waals surface area contributed by atoms with Crippen LogP contribution in [0.15, 0.2) is 71.8 Å². The molecule has 4 aliphatic heterocycles. The van der Waals surface area contributed by atoms with Crippen LogP contribution in [0.2, 0.25) is 0 Å². The Morgan fingerprint density at radius 3 is 2.50 bits per heavy atom. The number of aromatic amines is 1. The number of hydrogen-bond acceptors (Lipinski definition) is 14. The van der Waals surface area contributed by atoms with Crippen molar-refractivity contribution in [2.45, 2.75) is 126 Å². The fraction of sp³-hybridized carbons (Fsp3) is 0.527. The number of carbonyl (C=O) groups excluding carboxylic acids is 1. The molecule has 6 heterocycles. The van der Waals surface area contributed by atoms with Gasteiger partial charge in [0.05, 0.1) is 32.4 Å². The third-order valence-electron chi connectivity index (χ3n) is 17.1. The maximum Gasteiger partial charge on any atom is 0.297 e. The first-order chi connectivity index (χ1) is 35.5. The van der Waals surface area contributed by atoms with Crippen LogP contribution in [-0.2, 0) is 10.0 Å². The summed E-state index contributed by atoms with van der Waals surface area (Å²) in [5, 5.41) is 26.4. The van der Waals surface area contributed by atoms with Crippen LogP contribution in [0.3, 0.4) is 0 Å². The number of aliphatic hydroxyl groups is 1. The number of halogens is 1. The van der Waals surface area contributed by atoms with Gasteiger partial charge in [-0.15, -0.1) is 0 Å². The zero-order valence-corrected chi connectivity index (χ0v) is 43.2. The number of carbonyl (C=O) groups is 1. The van der Waals surface area contributed by atoms with Crippen molar-refractivity contribution in [2.24, 2.45) is 11.3 Å². The second-order valence-corrected chi connectivity index (χ2v) is 24.0. The molecule has 2 saturated carbocycles. The monoisotopic (exact) mass is 1030 g/mol. The van der Waals surface area contributed by atoms with Gasteiger partial charge in [-0.2, -0.15) is 4.98 Å². The Hall–Kier alpha value is -6.02. The summed E-state index contributed by atoms with van der Waals surface area (Å²) in [5.74, 6) is -1.06. The van der Waals surface area contributed by atoms with E-state index in [1.807, 2.05) is 0 Å². The molecular weight excluding hydrogens is 968 g/mol. The second kappa shape index (κ2) is 19.9. The molecule has 17 nitrogen and oxygen atoms in total. The van der Waals surface area contributed by atoms with E-state index in [0.717, 1.165) is 76.6 Å². The van der Waals surface area contributed by atoms with Gasteiger partial charge in [0.25, 0.3) is 27.5 Å². The average molecular weight is 1040 g/mol. The number of nitrogens with zero attached hydrogens (tertiary/aromatic N) is 5. The molecule has 74 heavy (non-hydrogen) atoms. The van der Waals surface area contributed by atoms with Crippen LogP contribution >= 0.6 is 0 Å². The van der Waals surface area contributed by atoms with Crippen molar-refractivity contribution in [1.29, 1.82) is 0 Å². The van der Waals surface area contributed by atoms with Gasteiger partial charge in [-0.05, 0) is 138 Å². The predicted octanol–water partition coefficient (Wildman–Crippen LogP) is 9.43. The van der Waals surface area contributed by atoms with Crippen molar-refractivity contribution in [2.75, 3.05) is 62.7 Å². The van der Waals surface area contributed by atoms with E-state index in [2.05, 4.69) is 72.8 Å². The quantitative estimate of drug-likeness (QED) is 0.0570. The van der Waals surface area contributed by atoms with Gasteiger partial charge in [0, 0.05) is 67.9 Å². The number of likely N-dealkylation sites (tertiary alicyclic amines) is 2. The number of amides is 1. The van der Waals surface area contributed by atoms with Gasteiger partial charge in [-0.3, -0.25) is 24.7 Å². The molecule has 11 rings (SSSR count). The van der Waals surface area contributed by atoms with Crippen molar-refractivity contribution in [1.82, 2.24) is 24.5 Å². The number of H-pyrrole nitrogens is 1. The molecule has 6 aliphatic rings. The number of piperidine rings is 1. The van der Waals surface area contributed by atoms with Crippen LogP contribution in [0.4, 0.5) is 21.5 Å². The summed E-state index contributed by atoms with van der Waals surface area (Å²) in [5.41, 5.74) is 2.74. The third kappa shape index (κ3) is 9.99. The highest BCUT2D eigenvalue weighted by atomic mass is 32.2. The summed E-state index contributed by atoms with van der Waals surface area (Å²) < 4.78 is 64.4. The van der Waals surface area contributed by atoms with Crippen LogP contribution in [0.25, 0.3) is 11.0 Å². The number of nitrogens with one attached hydrogen (secondary N) is 3. The molecule has 2 aliphatic carbocycles. The first kappa shape index (κ1) is 50.2. The number of nitro groups is 1. The first-order valence-electron chi connectivity index (χ1n) is 26.5. The number of sulfonamides is 1. The predicted molar refractivity (Wildman–Crippen MR) is 278 cm³/mol. The van der Waals surface area contributed by atoms with Gasteiger partial charge in [-0.1, -0.05) is 38.1 Å². The minimum Gasteiger partial charge on any atom is -0.489 e. The molecule has 4 N–H and O–H groups in total. The van der Waals surface area contributed by atoms with Crippen molar-refractivity contribution < 1.29 is 41.8 Å². The molecule has 0 bridgehead atoms. The van der Waals surface area contributed by atoms with E-state index in [0.29, 0.717) is 50.2 Å². The van der Waals surface area contributed by atoms with Crippen molar-refractivity contribution in [3.05, 3.63) is 99.5 Å². The van der Waals surface area contributed by atoms with Gasteiger partial charge in [-0.25, -0.2) is 17.5 Å². The van der Waals surface area contributed by atoms with Crippen molar-refractivity contribution in [3.8, 4) is 23.1 Å². The fourth-order valence-electron chi connectivity index (χ4n) is 12.5. The van der Waals surface area contributed by atoms with E-state index in [1.165, 1.54) is 48.4 Å². The lowest BCUT2D eigenvalue weighted by atomic mass is 9.59. The summed E-state index contributed by atoms with van der Waals surface area (Å²) in [6.07, 6.45) is 11.5. The Balaban J connectivity index is 0.846. The van der Waals surface area contributed by atoms with Crippen LogP contribution < -0.4 is 29.1 Å². The first-order valence-corrected chi connectivity index (χ1v) is 28.0. The largest absolute Gasteiger partial charge is 0.489 e.